The fourth-order valence-corrected chi connectivity index (χ4v) is 8.02. The highest BCUT2D eigenvalue weighted by molar-refractivity contribution is 7.46. The lowest BCUT2D eigenvalue weighted by atomic mass is 9.92. The minimum Gasteiger partial charge on any atom is -0.444 e. The summed E-state index contributed by atoms with van der Waals surface area (Å²) in [5, 5.41) is 11.9. The smallest absolute Gasteiger partial charge is 0.444 e. The van der Waals surface area contributed by atoms with Crippen LogP contribution in [-0.2, 0) is 49.4 Å². The van der Waals surface area contributed by atoms with Gasteiger partial charge in [0.1, 0.15) is 12.6 Å². The molecule has 59 heavy (non-hydrogen) atoms. The summed E-state index contributed by atoms with van der Waals surface area (Å²) in [6.45, 7) is 11.4. The lowest BCUT2D eigenvalue weighted by molar-refractivity contribution is -0.162. The SMILES string of the molecule is CC(C)c1nc(CN(C)C(=O)N[C@H](C(=O)N[C@@H](Cc2ccccc2)C[C@H](OC(OP(=O)(O)O)C(C)C)[C@H](Cc2ccccc2)NC(=O)OCc2cncs2)C(C)C)cs1. The van der Waals surface area contributed by atoms with Gasteiger partial charge in [-0.05, 0) is 36.3 Å². The zero-order valence-electron chi connectivity index (χ0n) is 34.5. The second-order valence-electron chi connectivity index (χ2n) is 15.4. The summed E-state index contributed by atoms with van der Waals surface area (Å²) in [6, 6.07) is 15.9. The molecule has 4 aromatic rings. The van der Waals surface area contributed by atoms with Gasteiger partial charge in [0.15, 0.2) is 6.29 Å². The second kappa shape index (κ2) is 23.0. The van der Waals surface area contributed by atoms with E-state index in [2.05, 4.69) is 39.8 Å². The Morgan fingerprint density at radius 2 is 1.51 bits per heavy atom. The van der Waals surface area contributed by atoms with E-state index in [1.807, 2.05) is 79.9 Å². The molecule has 15 nitrogen and oxygen atoms in total. The van der Waals surface area contributed by atoms with E-state index in [4.69, 9.17) is 14.0 Å². The molecule has 4 amide bonds. The van der Waals surface area contributed by atoms with Crippen LogP contribution in [-0.4, -0.2) is 80.3 Å². The van der Waals surface area contributed by atoms with E-state index in [-0.39, 0.29) is 37.8 Å². The van der Waals surface area contributed by atoms with Crippen molar-refractivity contribution in [2.75, 3.05) is 7.05 Å². The van der Waals surface area contributed by atoms with Crippen molar-refractivity contribution in [3.05, 3.63) is 104 Å². The molecule has 5 atom stereocenters. The third-order valence-corrected chi connectivity index (χ3v) is 11.6. The van der Waals surface area contributed by atoms with Crippen LogP contribution in [0.1, 0.15) is 80.6 Å². The summed E-state index contributed by atoms with van der Waals surface area (Å²) in [5.41, 5.74) is 4.10. The van der Waals surface area contributed by atoms with Crippen LogP contribution in [0.4, 0.5) is 9.59 Å². The lowest BCUT2D eigenvalue weighted by Gasteiger charge is -2.35. The highest BCUT2D eigenvalue weighted by atomic mass is 32.1. The Labute approximate surface area is 354 Å². The van der Waals surface area contributed by atoms with Crippen molar-refractivity contribution in [1.29, 1.82) is 0 Å². The number of carbonyl (C=O) groups excluding carboxylic acids is 3. The maximum Gasteiger partial charge on any atom is 0.471 e. The first-order chi connectivity index (χ1) is 28.0. The van der Waals surface area contributed by atoms with Gasteiger partial charge in [0.2, 0.25) is 5.91 Å². The maximum absolute atomic E-state index is 14.3. The Hall–Kier alpha value is -4.22. The highest BCUT2D eigenvalue weighted by Crippen LogP contribution is 2.40. The molecular weight excluding hydrogens is 816 g/mol. The number of carbonyl (C=O) groups is 3. The minimum absolute atomic E-state index is 0.0248. The molecule has 1 unspecified atom stereocenters. The summed E-state index contributed by atoms with van der Waals surface area (Å²) in [7, 11) is -3.39. The van der Waals surface area contributed by atoms with E-state index in [1.165, 1.54) is 27.6 Å². The number of hydrogen-bond acceptors (Lipinski definition) is 11. The largest absolute Gasteiger partial charge is 0.471 e. The number of aromatic nitrogens is 2. The zero-order valence-corrected chi connectivity index (χ0v) is 37.0. The average Bonchev–Trinajstić information content (AvgIpc) is 3.88. The molecule has 2 heterocycles. The number of urea groups is 1. The van der Waals surface area contributed by atoms with Gasteiger partial charge < -0.3 is 40.1 Å². The maximum atomic E-state index is 14.3. The van der Waals surface area contributed by atoms with Crippen LogP contribution < -0.4 is 16.0 Å². The quantitative estimate of drug-likeness (QED) is 0.0401. The predicted octanol–water partition coefficient (Wildman–Crippen LogP) is 7.02. The van der Waals surface area contributed by atoms with Crippen LogP contribution in [0, 0.1) is 11.8 Å². The normalized spacial score (nSPS) is 14.4. The number of thiazole rings is 2. The second-order valence-corrected chi connectivity index (χ2v) is 18.4. The number of nitrogens with one attached hydrogen (secondary N) is 3. The van der Waals surface area contributed by atoms with E-state index >= 15 is 0 Å². The number of phosphoric ester groups is 1. The van der Waals surface area contributed by atoms with E-state index in [0.717, 1.165) is 26.7 Å². The number of phosphoric acid groups is 1. The van der Waals surface area contributed by atoms with Gasteiger partial charge in [-0.25, -0.2) is 19.1 Å². The van der Waals surface area contributed by atoms with E-state index < -0.39 is 62.3 Å². The Morgan fingerprint density at radius 1 is 0.864 bits per heavy atom. The van der Waals surface area contributed by atoms with Crippen molar-refractivity contribution < 1.29 is 42.7 Å². The Kier molecular flexibility index (Phi) is 18.5. The molecule has 0 aliphatic rings. The van der Waals surface area contributed by atoms with Crippen molar-refractivity contribution in [3.63, 3.8) is 0 Å². The van der Waals surface area contributed by atoms with Crippen LogP contribution in [0.5, 0.6) is 0 Å². The molecule has 5 N–H and O–H groups in total. The summed E-state index contributed by atoms with van der Waals surface area (Å²) < 4.78 is 29.4. The molecular formula is C41H57N6O9PS2. The molecule has 0 aliphatic heterocycles. The first kappa shape index (κ1) is 47.5. The number of hydrogen-bond donors (Lipinski definition) is 5. The number of nitrogens with zero attached hydrogens (tertiary/aromatic N) is 3. The molecule has 0 saturated carbocycles. The van der Waals surface area contributed by atoms with Gasteiger partial charge in [-0.2, -0.15) is 0 Å². The topological polar surface area (TPSA) is 202 Å². The first-order valence-electron chi connectivity index (χ1n) is 19.5. The number of alkyl carbamates (subject to hydrolysis) is 1. The monoisotopic (exact) mass is 872 g/mol. The number of amides is 4. The summed E-state index contributed by atoms with van der Waals surface area (Å²) in [6.07, 6.45) is -0.987. The molecule has 2 aromatic heterocycles. The predicted molar refractivity (Wildman–Crippen MR) is 228 cm³/mol. The van der Waals surface area contributed by atoms with Gasteiger partial charge >= 0.3 is 19.9 Å². The van der Waals surface area contributed by atoms with Crippen LogP contribution in [0.25, 0.3) is 0 Å². The van der Waals surface area contributed by atoms with Gasteiger partial charge in [0, 0.05) is 36.5 Å². The Bertz CT molecular complexity index is 1930. The standard InChI is InChI=1S/C41H57N6O9PS2/c1-26(2)36(46-40(49)47(7)22-32-24-58-38(44-32)27(3)4)37(48)43-31(18-29-14-10-8-11-15-29)20-35(55-39(28(5)6)56-57(51,52)53)34(19-30-16-12-9-13-17-30)45-41(50)54-23-33-21-42-25-59-33/h8-17,21,24-28,31,34-36,39H,18-20,22-23H2,1-7H3,(H,43,48)(H,45,50)(H,46,49)(H2,51,52,53)/t31-,34-,35-,36-,39?/m0/s1. The fourth-order valence-electron chi connectivity index (χ4n) is 6.13. The van der Waals surface area contributed by atoms with Crippen molar-refractivity contribution in [2.45, 2.75) is 110 Å². The van der Waals surface area contributed by atoms with E-state index in [9.17, 15) is 28.7 Å². The summed E-state index contributed by atoms with van der Waals surface area (Å²) in [4.78, 5) is 71.9. The third kappa shape index (κ3) is 16.4. The van der Waals surface area contributed by atoms with Crippen LogP contribution in [0.2, 0.25) is 0 Å². The van der Waals surface area contributed by atoms with Crippen LogP contribution >= 0.6 is 30.5 Å². The van der Waals surface area contributed by atoms with Gasteiger partial charge in [-0.1, -0.05) is 102 Å². The van der Waals surface area contributed by atoms with Crippen LogP contribution in [0.3, 0.4) is 0 Å². The van der Waals surface area contributed by atoms with Crippen molar-refractivity contribution in [2.24, 2.45) is 11.8 Å². The first-order valence-corrected chi connectivity index (χ1v) is 22.8. The highest BCUT2D eigenvalue weighted by Gasteiger charge is 2.36. The number of rotatable bonds is 22. The minimum atomic E-state index is -5.04. The fraction of sp³-hybridized carbons (Fsp3) is 0.488. The van der Waals surface area contributed by atoms with Crippen LogP contribution in [0.15, 0.2) is 77.8 Å². The molecule has 0 bridgehead atoms. The molecule has 18 heteroatoms. The molecule has 0 fully saturated rings. The van der Waals surface area contributed by atoms with Gasteiger partial charge in [-0.3, -0.25) is 14.3 Å². The lowest BCUT2D eigenvalue weighted by Crippen LogP contribution is -2.56. The van der Waals surface area contributed by atoms with Gasteiger partial charge in [0.05, 0.1) is 39.8 Å². The molecule has 322 valence electrons. The van der Waals surface area contributed by atoms with Crippen molar-refractivity contribution >= 4 is 48.5 Å². The molecule has 4 rings (SSSR count). The summed E-state index contributed by atoms with van der Waals surface area (Å²) >= 11 is 2.87. The summed E-state index contributed by atoms with van der Waals surface area (Å²) in [5.74, 6) is -1.04. The molecule has 0 radical (unpaired) electrons. The number of benzene rings is 2. The van der Waals surface area contributed by atoms with Crippen molar-refractivity contribution in [1.82, 2.24) is 30.8 Å². The van der Waals surface area contributed by atoms with Crippen molar-refractivity contribution in [3.8, 4) is 0 Å². The Balaban J connectivity index is 1.66. The number of ether oxygens (including phenoxy) is 2. The van der Waals surface area contributed by atoms with E-state index in [0.29, 0.717) is 6.42 Å². The zero-order chi connectivity index (χ0) is 43.1. The van der Waals surface area contributed by atoms with Gasteiger partial charge in [-0.15, -0.1) is 22.7 Å². The molecule has 0 aliphatic carbocycles. The molecule has 2 aromatic carbocycles. The molecule has 0 spiro atoms. The third-order valence-electron chi connectivity index (χ3n) is 9.20. The van der Waals surface area contributed by atoms with Gasteiger partial charge in [0.25, 0.3) is 0 Å². The molecule has 0 saturated heterocycles. The Morgan fingerprint density at radius 3 is 2.05 bits per heavy atom. The average molecular weight is 873 g/mol. The van der Waals surface area contributed by atoms with E-state index in [1.54, 1.807) is 32.6 Å².